The van der Waals surface area contributed by atoms with Gasteiger partial charge in [0.05, 0.1) is 5.25 Å². The largest absolute Gasteiger partial charge is 0.405 e. The number of rotatable bonds is 7. The molecular weight excluding hydrogens is 325 g/mol. The minimum absolute atomic E-state index is 0.0824. The molecule has 5 nitrogen and oxygen atoms in total. The molecule has 2 N–H and O–H groups in total. The van der Waals surface area contributed by atoms with Crippen LogP contribution in [0.5, 0.6) is 0 Å². The van der Waals surface area contributed by atoms with E-state index in [0.717, 1.165) is 17.8 Å². The van der Waals surface area contributed by atoms with Crippen LogP contribution in [0.1, 0.15) is 27.2 Å². The van der Waals surface area contributed by atoms with Gasteiger partial charge in [0.15, 0.2) is 4.34 Å². The van der Waals surface area contributed by atoms with E-state index in [2.05, 4.69) is 20.8 Å². The van der Waals surface area contributed by atoms with Gasteiger partial charge in [-0.3, -0.25) is 4.79 Å². The summed E-state index contributed by atoms with van der Waals surface area (Å²) in [6.07, 6.45) is -3.48. The van der Waals surface area contributed by atoms with Gasteiger partial charge in [-0.1, -0.05) is 30.0 Å². The highest BCUT2D eigenvalue weighted by atomic mass is 32.2. The molecule has 2 unspecified atom stereocenters. The molecule has 1 rings (SSSR count). The Labute approximate surface area is 129 Å². The number of nitrogens with one attached hydrogen (secondary N) is 2. The maximum absolute atomic E-state index is 12.1. The Balaban J connectivity index is 2.48. The fourth-order valence-electron chi connectivity index (χ4n) is 1.17. The third kappa shape index (κ3) is 6.98. The van der Waals surface area contributed by atoms with E-state index in [4.69, 9.17) is 0 Å². The molecule has 0 radical (unpaired) electrons. The Morgan fingerprint density at radius 1 is 1.38 bits per heavy atom. The SMILES string of the molecule is CCC(C)NC(=O)C(C)Sc1nnc(NCC(F)(F)F)s1. The van der Waals surface area contributed by atoms with Crippen LogP contribution >= 0.6 is 23.1 Å². The zero-order valence-electron chi connectivity index (χ0n) is 11.8. The van der Waals surface area contributed by atoms with E-state index in [1.54, 1.807) is 6.92 Å². The normalized spacial score (nSPS) is 14.6. The van der Waals surface area contributed by atoms with Crippen molar-refractivity contribution >= 4 is 34.1 Å². The lowest BCUT2D eigenvalue weighted by atomic mass is 10.2. The number of carbonyl (C=O) groups is 1. The minimum atomic E-state index is -4.30. The topological polar surface area (TPSA) is 66.9 Å². The monoisotopic (exact) mass is 342 g/mol. The maximum atomic E-state index is 12.1. The molecule has 0 saturated carbocycles. The van der Waals surface area contributed by atoms with Crippen LogP contribution in [0.4, 0.5) is 18.3 Å². The van der Waals surface area contributed by atoms with Crippen LogP contribution in [0, 0.1) is 0 Å². The molecule has 0 aromatic carbocycles. The highest BCUT2D eigenvalue weighted by molar-refractivity contribution is 8.02. The lowest BCUT2D eigenvalue weighted by Crippen LogP contribution is -2.37. The summed E-state index contributed by atoms with van der Waals surface area (Å²) in [7, 11) is 0. The molecule has 1 heterocycles. The van der Waals surface area contributed by atoms with Gasteiger partial charge in [-0.2, -0.15) is 13.2 Å². The van der Waals surface area contributed by atoms with Gasteiger partial charge in [0.1, 0.15) is 6.54 Å². The third-order valence-corrected chi connectivity index (χ3v) is 4.56. The highest BCUT2D eigenvalue weighted by Gasteiger charge is 2.27. The summed E-state index contributed by atoms with van der Waals surface area (Å²) < 4.78 is 36.6. The molecule has 1 aromatic heterocycles. The number of carbonyl (C=O) groups excluding carboxylic acids is 1. The summed E-state index contributed by atoms with van der Waals surface area (Å²) in [4.78, 5) is 11.8. The van der Waals surface area contributed by atoms with Crippen molar-refractivity contribution < 1.29 is 18.0 Å². The standard InChI is InChI=1S/C11H17F3N4OS2/c1-4-6(2)16-8(19)7(3)20-10-18-17-9(21-10)15-5-11(12,13)14/h6-7H,4-5H2,1-3H3,(H,15,17)(H,16,19). The number of hydrogen-bond acceptors (Lipinski definition) is 6. The second-order valence-electron chi connectivity index (χ2n) is 4.42. The first-order chi connectivity index (χ1) is 9.71. The Hall–Kier alpha value is -1.03. The van der Waals surface area contributed by atoms with Crippen molar-refractivity contribution in [3.8, 4) is 0 Å². The van der Waals surface area contributed by atoms with E-state index in [9.17, 15) is 18.0 Å². The van der Waals surface area contributed by atoms with E-state index < -0.39 is 12.7 Å². The Bertz CT molecular complexity index is 467. The van der Waals surface area contributed by atoms with E-state index in [0.29, 0.717) is 4.34 Å². The van der Waals surface area contributed by atoms with Gasteiger partial charge in [-0.05, 0) is 20.3 Å². The second kappa shape index (κ2) is 7.83. The Kier molecular flexibility index (Phi) is 6.72. The predicted molar refractivity (Wildman–Crippen MR) is 77.7 cm³/mol. The third-order valence-electron chi connectivity index (χ3n) is 2.49. The quantitative estimate of drug-likeness (QED) is 0.746. The molecule has 120 valence electrons. The van der Waals surface area contributed by atoms with E-state index in [1.807, 2.05) is 13.8 Å². The molecule has 0 saturated heterocycles. The maximum Gasteiger partial charge on any atom is 0.405 e. The summed E-state index contributed by atoms with van der Waals surface area (Å²) in [6, 6.07) is 0.0824. The van der Waals surface area contributed by atoms with Gasteiger partial charge < -0.3 is 10.6 Å². The van der Waals surface area contributed by atoms with Crippen LogP contribution in [0.15, 0.2) is 4.34 Å². The average molecular weight is 342 g/mol. The zero-order valence-corrected chi connectivity index (χ0v) is 13.5. The van der Waals surface area contributed by atoms with Crippen LogP contribution in [-0.2, 0) is 4.79 Å². The number of anilines is 1. The molecule has 0 fully saturated rings. The van der Waals surface area contributed by atoms with Crippen molar-refractivity contribution in [3.05, 3.63) is 0 Å². The molecule has 0 aliphatic carbocycles. The molecule has 0 aliphatic heterocycles. The number of nitrogens with zero attached hydrogens (tertiary/aromatic N) is 2. The number of amides is 1. The smallest absolute Gasteiger partial charge is 0.353 e. The van der Waals surface area contributed by atoms with Crippen molar-refractivity contribution in [1.29, 1.82) is 0 Å². The fourth-order valence-corrected chi connectivity index (χ4v) is 3.07. The summed E-state index contributed by atoms with van der Waals surface area (Å²) in [6.45, 7) is 4.43. The molecule has 0 bridgehead atoms. The molecule has 1 aromatic rings. The van der Waals surface area contributed by atoms with Crippen LogP contribution in [0.3, 0.4) is 0 Å². The Morgan fingerprint density at radius 3 is 2.62 bits per heavy atom. The highest BCUT2D eigenvalue weighted by Crippen LogP contribution is 2.29. The number of alkyl halides is 3. The molecule has 2 atom stereocenters. The van der Waals surface area contributed by atoms with Gasteiger partial charge >= 0.3 is 6.18 Å². The average Bonchev–Trinajstić information content (AvgIpc) is 2.83. The predicted octanol–water partition coefficient (Wildman–Crippen LogP) is 2.91. The van der Waals surface area contributed by atoms with Crippen molar-refractivity contribution in [2.45, 2.75) is 49.0 Å². The molecule has 21 heavy (non-hydrogen) atoms. The molecule has 0 aliphatic rings. The Morgan fingerprint density at radius 2 is 2.05 bits per heavy atom. The summed E-state index contributed by atoms with van der Waals surface area (Å²) in [5.74, 6) is -0.130. The van der Waals surface area contributed by atoms with E-state index in [-0.39, 0.29) is 22.3 Å². The number of hydrogen-bond donors (Lipinski definition) is 2. The van der Waals surface area contributed by atoms with Crippen LogP contribution in [0.2, 0.25) is 0 Å². The van der Waals surface area contributed by atoms with Crippen LogP contribution in [0.25, 0.3) is 0 Å². The van der Waals surface area contributed by atoms with Crippen molar-refractivity contribution in [1.82, 2.24) is 15.5 Å². The summed E-state index contributed by atoms with van der Waals surface area (Å²) in [5, 5.41) is 12.1. The second-order valence-corrected chi connectivity index (χ2v) is 6.99. The molecule has 10 heteroatoms. The lowest BCUT2D eigenvalue weighted by molar-refractivity contribution is -0.121. The molecular formula is C11H17F3N4OS2. The van der Waals surface area contributed by atoms with Crippen LogP contribution in [-0.4, -0.2) is 40.1 Å². The first-order valence-electron chi connectivity index (χ1n) is 6.32. The number of halogens is 3. The van der Waals surface area contributed by atoms with Gasteiger partial charge in [0, 0.05) is 6.04 Å². The van der Waals surface area contributed by atoms with Crippen LogP contribution < -0.4 is 10.6 Å². The van der Waals surface area contributed by atoms with Gasteiger partial charge in [0.25, 0.3) is 0 Å². The minimum Gasteiger partial charge on any atom is -0.353 e. The van der Waals surface area contributed by atoms with Gasteiger partial charge in [-0.25, -0.2) is 0 Å². The van der Waals surface area contributed by atoms with Crippen molar-refractivity contribution in [2.75, 3.05) is 11.9 Å². The first kappa shape index (κ1) is 18.0. The lowest BCUT2D eigenvalue weighted by Gasteiger charge is -2.14. The van der Waals surface area contributed by atoms with Gasteiger partial charge in [-0.15, -0.1) is 10.2 Å². The first-order valence-corrected chi connectivity index (χ1v) is 8.02. The number of thioether (sulfide) groups is 1. The van der Waals surface area contributed by atoms with Crippen molar-refractivity contribution in [3.63, 3.8) is 0 Å². The zero-order chi connectivity index (χ0) is 16.0. The molecule has 0 spiro atoms. The van der Waals surface area contributed by atoms with E-state index >= 15 is 0 Å². The van der Waals surface area contributed by atoms with Gasteiger partial charge in [0.2, 0.25) is 11.0 Å². The molecule has 1 amide bonds. The summed E-state index contributed by atoms with van der Waals surface area (Å²) >= 11 is 2.16. The van der Waals surface area contributed by atoms with Crippen molar-refractivity contribution in [2.24, 2.45) is 0 Å². The summed E-state index contributed by atoms with van der Waals surface area (Å²) in [5.41, 5.74) is 0. The fraction of sp³-hybridized carbons (Fsp3) is 0.727. The van der Waals surface area contributed by atoms with E-state index in [1.165, 1.54) is 11.8 Å². The number of aromatic nitrogens is 2.